The topological polar surface area (TPSA) is 75.9 Å². The second-order valence-corrected chi connectivity index (χ2v) is 7.15. The van der Waals surface area contributed by atoms with Crippen molar-refractivity contribution in [2.24, 2.45) is 0 Å². The number of Topliss-reactive ketones (excluding diaryl/α,β-unsaturated/α-hetero) is 1. The summed E-state index contributed by atoms with van der Waals surface area (Å²) in [5, 5.41) is 0. The number of nitrogen functional groups attached to an aromatic ring is 1. The average molecular weight is 333 g/mol. The molecule has 0 unspecified atom stereocenters. The van der Waals surface area contributed by atoms with Crippen LogP contribution in [0.4, 0.5) is 10.5 Å². The van der Waals surface area contributed by atoms with E-state index in [1.807, 2.05) is 20.8 Å². The highest BCUT2D eigenvalue weighted by Gasteiger charge is 2.25. The van der Waals surface area contributed by atoms with Gasteiger partial charge in [0.05, 0.1) is 6.54 Å². The first-order valence-electron chi connectivity index (χ1n) is 8.33. The van der Waals surface area contributed by atoms with E-state index in [4.69, 9.17) is 10.5 Å². The number of rotatable bonds is 3. The molecule has 0 saturated carbocycles. The van der Waals surface area contributed by atoms with E-state index in [2.05, 4.69) is 4.90 Å². The Morgan fingerprint density at radius 3 is 2.58 bits per heavy atom. The summed E-state index contributed by atoms with van der Waals surface area (Å²) in [5.74, 6) is 0.0491. The van der Waals surface area contributed by atoms with Gasteiger partial charge in [-0.1, -0.05) is 12.1 Å². The fourth-order valence-corrected chi connectivity index (χ4v) is 2.64. The van der Waals surface area contributed by atoms with E-state index < -0.39 is 5.60 Å². The van der Waals surface area contributed by atoms with E-state index in [9.17, 15) is 9.59 Å². The van der Waals surface area contributed by atoms with Crippen LogP contribution in [0, 0.1) is 0 Å². The molecule has 0 radical (unpaired) electrons. The number of hydrogen-bond donors (Lipinski definition) is 1. The van der Waals surface area contributed by atoms with Gasteiger partial charge in [0, 0.05) is 37.4 Å². The van der Waals surface area contributed by atoms with Gasteiger partial charge in [-0.05, 0) is 39.3 Å². The molecule has 2 rings (SSSR count). The minimum Gasteiger partial charge on any atom is -0.444 e. The fourth-order valence-electron chi connectivity index (χ4n) is 2.64. The Kier molecular flexibility index (Phi) is 5.83. The van der Waals surface area contributed by atoms with Crippen LogP contribution in [-0.2, 0) is 4.74 Å². The number of carbonyl (C=O) groups excluding carboxylic acids is 2. The molecule has 6 nitrogen and oxygen atoms in total. The van der Waals surface area contributed by atoms with Crippen LogP contribution in [0.3, 0.4) is 0 Å². The monoisotopic (exact) mass is 333 g/mol. The number of nitrogens with zero attached hydrogens (tertiary/aromatic N) is 2. The fraction of sp³-hybridized carbons (Fsp3) is 0.556. The molecule has 2 N–H and O–H groups in total. The van der Waals surface area contributed by atoms with Crippen LogP contribution in [0.2, 0.25) is 0 Å². The van der Waals surface area contributed by atoms with E-state index in [-0.39, 0.29) is 11.9 Å². The first-order chi connectivity index (χ1) is 11.2. The van der Waals surface area contributed by atoms with Gasteiger partial charge in [-0.2, -0.15) is 0 Å². The van der Waals surface area contributed by atoms with Gasteiger partial charge in [0.2, 0.25) is 0 Å². The molecule has 0 aromatic heterocycles. The SMILES string of the molecule is CC(C)(C)OC(=O)N1CCCN(CC(=O)c2cccc(N)c2)CC1. The van der Waals surface area contributed by atoms with Gasteiger partial charge in [-0.15, -0.1) is 0 Å². The molecule has 0 aliphatic carbocycles. The van der Waals surface area contributed by atoms with E-state index in [1.165, 1.54) is 0 Å². The largest absolute Gasteiger partial charge is 0.444 e. The quantitative estimate of drug-likeness (QED) is 0.679. The molecule has 1 aliphatic heterocycles. The zero-order valence-corrected chi connectivity index (χ0v) is 14.7. The number of amides is 1. The normalized spacial score (nSPS) is 16.5. The molecule has 1 amide bonds. The third-order valence-corrected chi connectivity index (χ3v) is 3.82. The molecule has 1 aromatic rings. The molecule has 1 fully saturated rings. The van der Waals surface area contributed by atoms with Crippen LogP contribution < -0.4 is 5.73 Å². The molecule has 1 aliphatic rings. The number of anilines is 1. The highest BCUT2D eigenvalue weighted by molar-refractivity contribution is 5.98. The summed E-state index contributed by atoms with van der Waals surface area (Å²) in [6, 6.07) is 7.04. The predicted molar refractivity (Wildman–Crippen MR) is 94.0 cm³/mol. The molecule has 6 heteroatoms. The number of nitrogens with two attached hydrogens (primary N) is 1. The van der Waals surface area contributed by atoms with Gasteiger partial charge in [0.25, 0.3) is 0 Å². The van der Waals surface area contributed by atoms with Gasteiger partial charge in [-0.25, -0.2) is 4.79 Å². The minimum absolute atomic E-state index is 0.0491. The molecule has 0 atom stereocenters. The third-order valence-electron chi connectivity index (χ3n) is 3.82. The van der Waals surface area contributed by atoms with Crippen LogP contribution in [0.5, 0.6) is 0 Å². The third kappa shape index (κ3) is 5.53. The van der Waals surface area contributed by atoms with E-state index in [1.54, 1.807) is 29.2 Å². The van der Waals surface area contributed by atoms with Crippen LogP contribution >= 0.6 is 0 Å². The Bertz CT molecular complexity index is 595. The van der Waals surface area contributed by atoms with Crippen molar-refractivity contribution in [2.45, 2.75) is 32.8 Å². The van der Waals surface area contributed by atoms with Gasteiger partial charge in [0.1, 0.15) is 5.60 Å². The lowest BCUT2D eigenvalue weighted by Gasteiger charge is -2.26. The summed E-state index contributed by atoms with van der Waals surface area (Å²) in [6.45, 7) is 8.58. The average Bonchev–Trinajstić information content (AvgIpc) is 2.71. The lowest BCUT2D eigenvalue weighted by atomic mass is 10.1. The lowest BCUT2D eigenvalue weighted by Crippen LogP contribution is -2.39. The summed E-state index contributed by atoms with van der Waals surface area (Å²) in [7, 11) is 0. The second kappa shape index (κ2) is 7.66. The Hall–Kier alpha value is -2.08. The Morgan fingerprint density at radius 1 is 1.17 bits per heavy atom. The number of ether oxygens (including phenoxy) is 1. The zero-order chi connectivity index (χ0) is 17.7. The maximum Gasteiger partial charge on any atom is 0.410 e. The van der Waals surface area contributed by atoms with Gasteiger partial charge in [-0.3, -0.25) is 9.69 Å². The molecular weight excluding hydrogens is 306 g/mol. The van der Waals surface area contributed by atoms with Crippen molar-refractivity contribution in [1.29, 1.82) is 0 Å². The number of carbonyl (C=O) groups is 2. The molecule has 1 saturated heterocycles. The van der Waals surface area contributed by atoms with Crippen molar-refractivity contribution in [3.63, 3.8) is 0 Å². The van der Waals surface area contributed by atoms with Gasteiger partial charge >= 0.3 is 6.09 Å². The number of benzene rings is 1. The standard InChI is InChI=1S/C18H27N3O3/c1-18(2,3)24-17(23)21-9-5-8-20(10-11-21)13-16(22)14-6-4-7-15(19)12-14/h4,6-7,12H,5,8-11,13,19H2,1-3H3. The van der Waals surface area contributed by atoms with Crippen molar-refractivity contribution in [2.75, 3.05) is 38.5 Å². The number of ketones is 1. The molecule has 1 heterocycles. The minimum atomic E-state index is -0.494. The lowest BCUT2D eigenvalue weighted by molar-refractivity contribution is 0.0258. The van der Waals surface area contributed by atoms with E-state index in [0.29, 0.717) is 37.4 Å². The second-order valence-electron chi connectivity index (χ2n) is 7.15. The van der Waals surface area contributed by atoms with Crippen molar-refractivity contribution >= 4 is 17.6 Å². The summed E-state index contributed by atoms with van der Waals surface area (Å²) < 4.78 is 5.42. The Morgan fingerprint density at radius 2 is 1.92 bits per heavy atom. The summed E-state index contributed by atoms with van der Waals surface area (Å²) >= 11 is 0. The van der Waals surface area contributed by atoms with Gasteiger partial charge < -0.3 is 15.4 Å². The Balaban J connectivity index is 1.89. The molecule has 0 bridgehead atoms. The predicted octanol–water partition coefficient (Wildman–Crippen LogP) is 2.39. The van der Waals surface area contributed by atoms with Crippen LogP contribution in [-0.4, -0.2) is 60.0 Å². The van der Waals surface area contributed by atoms with E-state index in [0.717, 1.165) is 13.0 Å². The first-order valence-corrected chi connectivity index (χ1v) is 8.33. The molecular formula is C18H27N3O3. The smallest absolute Gasteiger partial charge is 0.410 e. The molecule has 1 aromatic carbocycles. The zero-order valence-electron chi connectivity index (χ0n) is 14.7. The van der Waals surface area contributed by atoms with Crippen molar-refractivity contribution in [1.82, 2.24) is 9.80 Å². The van der Waals surface area contributed by atoms with Gasteiger partial charge in [0.15, 0.2) is 5.78 Å². The summed E-state index contributed by atoms with van der Waals surface area (Å²) in [4.78, 5) is 28.3. The Labute approximate surface area is 143 Å². The maximum absolute atomic E-state index is 12.4. The number of hydrogen-bond acceptors (Lipinski definition) is 5. The highest BCUT2D eigenvalue weighted by Crippen LogP contribution is 2.13. The van der Waals surface area contributed by atoms with Crippen LogP contribution in [0.15, 0.2) is 24.3 Å². The van der Waals surface area contributed by atoms with Crippen LogP contribution in [0.1, 0.15) is 37.6 Å². The summed E-state index contributed by atoms with van der Waals surface area (Å²) in [6.07, 6.45) is 0.537. The highest BCUT2D eigenvalue weighted by atomic mass is 16.6. The van der Waals surface area contributed by atoms with Crippen molar-refractivity contribution < 1.29 is 14.3 Å². The van der Waals surface area contributed by atoms with E-state index >= 15 is 0 Å². The summed E-state index contributed by atoms with van der Waals surface area (Å²) in [5.41, 5.74) is 6.46. The molecule has 24 heavy (non-hydrogen) atoms. The van der Waals surface area contributed by atoms with Crippen molar-refractivity contribution in [3.05, 3.63) is 29.8 Å². The molecule has 132 valence electrons. The maximum atomic E-state index is 12.4. The first kappa shape index (κ1) is 18.3. The van der Waals surface area contributed by atoms with Crippen molar-refractivity contribution in [3.8, 4) is 0 Å². The molecule has 0 spiro atoms. The van der Waals surface area contributed by atoms with Crippen LogP contribution in [0.25, 0.3) is 0 Å².